The molecule has 0 fully saturated rings. The van der Waals surface area contributed by atoms with Crippen LogP contribution in [-0.4, -0.2) is 14.6 Å². The number of hydrogen-bond acceptors (Lipinski definition) is 5. The van der Waals surface area contributed by atoms with Crippen LogP contribution in [0.1, 0.15) is 46.2 Å². The van der Waals surface area contributed by atoms with Gasteiger partial charge in [0, 0.05) is 23.4 Å². The Balaban J connectivity index is 1.21. The zero-order valence-electron chi connectivity index (χ0n) is 21.9. The van der Waals surface area contributed by atoms with E-state index in [0.29, 0.717) is 17.4 Å². The molecule has 0 saturated heterocycles. The summed E-state index contributed by atoms with van der Waals surface area (Å²) in [5, 5.41) is 3.78. The van der Waals surface area contributed by atoms with E-state index in [1.165, 1.54) is 22.4 Å². The van der Waals surface area contributed by atoms with Gasteiger partial charge in [-0.25, -0.2) is 0 Å². The highest BCUT2D eigenvalue weighted by molar-refractivity contribution is 7.87. The highest BCUT2D eigenvalue weighted by Gasteiger charge is 2.37. The molecule has 1 N–H and O–H groups in total. The minimum atomic E-state index is -3.96. The van der Waals surface area contributed by atoms with Gasteiger partial charge < -0.3 is 9.50 Å². The third kappa shape index (κ3) is 5.12. The average molecular weight is 535 g/mol. The fraction of sp³-hybridized carbons (Fsp3) is 0.182. The summed E-state index contributed by atoms with van der Waals surface area (Å²) >= 11 is 0. The molecule has 39 heavy (non-hydrogen) atoms. The van der Waals surface area contributed by atoms with E-state index < -0.39 is 10.1 Å². The molecule has 6 rings (SSSR count). The second-order valence-electron chi connectivity index (χ2n) is 10.3. The fourth-order valence-electron chi connectivity index (χ4n) is 5.49. The van der Waals surface area contributed by atoms with E-state index >= 15 is 0 Å². The van der Waals surface area contributed by atoms with Gasteiger partial charge in [0.2, 0.25) is 0 Å². The number of nitrogens with zero attached hydrogens (tertiary/aromatic N) is 1. The van der Waals surface area contributed by atoms with E-state index in [-0.39, 0.29) is 16.7 Å². The Hall–Kier alpha value is -4.16. The van der Waals surface area contributed by atoms with Crippen LogP contribution in [0, 0.1) is 19.8 Å². The van der Waals surface area contributed by atoms with Crippen LogP contribution < -0.4 is 9.50 Å². The van der Waals surface area contributed by atoms with Gasteiger partial charge in [-0.15, -0.1) is 0 Å². The van der Waals surface area contributed by atoms with Crippen molar-refractivity contribution in [3.8, 4) is 5.75 Å². The number of aryl methyl sites for hydroxylation is 2. The van der Waals surface area contributed by atoms with Crippen molar-refractivity contribution in [3.05, 3.63) is 131 Å². The van der Waals surface area contributed by atoms with Gasteiger partial charge in [-0.05, 0) is 79.8 Å². The summed E-state index contributed by atoms with van der Waals surface area (Å²) < 4.78 is 31.1. The summed E-state index contributed by atoms with van der Waals surface area (Å²) in [6, 6.07) is 28.7. The predicted molar refractivity (Wildman–Crippen MR) is 157 cm³/mol. The van der Waals surface area contributed by atoms with E-state index in [0.717, 1.165) is 17.7 Å². The van der Waals surface area contributed by atoms with Crippen LogP contribution in [0.4, 0.5) is 11.4 Å². The summed E-state index contributed by atoms with van der Waals surface area (Å²) in [5.41, 5.74) is 7.45. The summed E-state index contributed by atoms with van der Waals surface area (Å²) in [7, 11) is -3.96. The van der Waals surface area contributed by atoms with E-state index in [4.69, 9.17) is 4.18 Å². The first-order valence-electron chi connectivity index (χ1n) is 13.2. The second-order valence-corrected chi connectivity index (χ2v) is 11.9. The molecule has 6 heteroatoms. The monoisotopic (exact) mass is 534 g/mol. The van der Waals surface area contributed by atoms with E-state index in [1.807, 2.05) is 25.1 Å². The van der Waals surface area contributed by atoms with Crippen molar-refractivity contribution >= 4 is 27.7 Å². The molecule has 196 valence electrons. The van der Waals surface area contributed by atoms with E-state index in [2.05, 4.69) is 59.7 Å². The Kier molecular flexibility index (Phi) is 6.57. The number of nitrogens with one attached hydrogen (secondary N) is 1. The van der Waals surface area contributed by atoms with Gasteiger partial charge in [-0.2, -0.15) is 8.42 Å². The number of rotatable bonds is 6. The van der Waals surface area contributed by atoms with Crippen molar-refractivity contribution in [1.29, 1.82) is 0 Å². The van der Waals surface area contributed by atoms with Gasteiger partial charge >= 0.3 is 10.1 Å². The number of allylic oxidation sites excluding steroid dienone is 2. The topological polar surface area (TPSA) is 67.8 Å². The molecule has 1 aliphatic carbocycles. The molecule has 0 radical (unpaired) electrons. The fourth-order valence-corrected chi connectivity index (χ4v) is 6.44. The number of para-hydroxylation sites is 1. The number of fused-ring (bicyclic) bond motifs is 3. The minimum Gasteiger partial charge on any atom is -0.378 e. The zero-order chi connectivity index (χ0) is 27.0. The summed E-state index contributed by atoms with van der Waals surface area (Å²) in [6.45, 7) is 4.05. The molecule has 0 spiro atoms. The second kappa shape index (κ2) is 10.2. The lowest BCUT2D eigenvalue weighted by Crippen LogP contribution is -2.29. The lowest BCUT2D eigenvalue weighted by Gasteiger charge is -2.37. The molecule has 0 amide bonds. The Bertz CT molecular complexity index is 1670. The lowest BCUT2D eigenvalue weighted by atomic mass is 9.76. The standard InChI is InChI=1S/C33H30N2O3S/c1-22-10-17-27(18-11-22)39(36,37)38-32-9-4-3-6-25(32)21-34-26-15-13-24(14-16-26)33-29-8-5-7-28(29)30-20-23(2)12-19-31(30)35-33/h3-7,9-21,28-29,33,35H,8H2,1-2H3/t28-,29-,33-/m0/s1. The maximum Gasteiger partial charge on any atom is 0.339 e. The van der Waals surface area contributed by atoms with Gasteiger partial charge in [0.05, 0.1) is 11.7 Å². The normalized spacial score (nSPS) is 19.9. The van der Waals surface area contributed by atoms with Gasteiger partial charge in [0.1, 0.15) is 4.90 Å². The minimum absolute atomic E-state index is 0.115. The largest absolute Gasteiger partial charge is 0.378 e. The molecule has 3 atom stereocenters. The van der Waals surface area contributed by atoms with Crippen LogP contribution in [-0.2, 0) is 10.1 Å². The van der Waals surface area contributed by atoms with Crippen LogP contribution >= 0.6 is 0 Å². The number of hydrogen-bond donors (Lipinski definition) is 1. The molecule has 1 heterocycles. The summed E-state index contributed by atoms with van der Waals surface area (Å²) in [4.78, 5) is 4.73. The van der Waals surface area contributed by atoms with Gasteiger partial charge in [0.15, 0.2) is 5.75 Å². The first-order chi connectivity index (χ1) is 18.9. The van der Waals surface area contributed by atoms with Crippen molar-refractivity contribution in [2.45, 2.75) is 37.1 Å². The van der Waals surface area contributed by atoms with Crippen molar-refractivity contribution in [2.24, 2.45) is 10.9 Å². The molecule has 1 aliphatic heterocycles. The van der Waals surface area contributed by atoms with Crippen molar-refractivity contribution in [1.82, 2.24) is 0 Å². The van der Waals surface area contributed by atoms with Crippen LogP contribution in [0.15, 0.2) is 113 Å². The molecule has 0 unspecified atom stereocenters. The molecule has 5 nitrogen and oxygen atoms in total. The number of anilines is 1. The third-order valence-corrected chi connectivity index (χ3v) is 8.80. The maximum atomic E-state index is 12.8. The van der Waals surface area contributed by atoms with Gasteiger partial charge in [-0.3, -0.25) is 4.99 Å². The lowest BCUT2D eigenvalue weighted by molar-refractivity contribution is 0.425. The zero-order valence-corrected chi connectivity index (χ0v) is 22.7. The first kappa shape index (κ1) is 25.1. The smallest absolute Gasteiger partial charge is 0.339 e. The number of benzene rings is 4. The van der Waals surface area contributed by atoms with E-state index in [9.17, 15) is 8.42 Å². The molecule has 4 aromatic rings. The summed E-state index contributed by atoms with van der Waals surface area (Å²) in [5.74, 6) is 1.14. The first-order valence-corrected chi connectivity index (χ1v) is 14.6. The Labute approximate surface area is 230 Å². The Morgan fingerprint density at radius 2 is 1.64 bits per heavy atom. The Morgan fingerprint density at radius 3 is 2.44 bits per heavy atom. The van der Waals surface area contributed by atoms with Crippen LogP contribution in [0.2, 0.25) is 0 Å². The summed E-state index contributed by atoms with van der Waals surface area (Å²) in [6.07, 6.45) is 7.36. The quantitative estimate of drug-likeness (QED) is 0.157. The maximum absolute atomic E-state index is 12.8. The van der Waals surface area contributed by atoms with Crippen LogP contribution in [0.25, 0.3) is 0 Å². The van der Waals surface area contributed by atoms with Gasteiger partial charge in [0.25, 0.3) is 0 Å². The molecule has 4 aromatic carbocycles. The predicted octanol–water partition coefficient (Wildman–Crippen LogP) is 7.65. The molecule has 0 bridgehead atoms. The molecule has 2 aliphatic rings. The van der Waals surface area contributed by atoms with E-state index in [1.54, 1.807) is 48.7 Å². The molecule has 0 saturated carbocycles. The highest BCUT2D eigenvalue weighted by atomic mass is 32.2. The average Bonchev–Trinajstić information content (AvgIpc) is 3.43. The van der Waals surface area contributed by atoms with Crippen molar-refractivity contribution in [3.63, 3.8) is 0 Å². The van der Waals surface area contributed by atoms with Crippen molar-refractivity contribution < 1.29 is 12.6 Å². The third-order valence-electron chi connectivity index (χ3n) is 7.55. The molecule has 0 aromatic heterocycles. The van der Waals surface area contributed by atoms with Crippen molar-refractivity contribution in [2.75, 3.05) is 5.32 Å². The number of aliphatic imine (C=N–C) groups is 1. The SMILES string of the molecule is Cc1ccc(S(=O)(=O)Oc2ccccc2C=Nc2ccc([C@@H]3Nc4ccc(C)cc4[C@H]4C=CC[C@@H]43)cc2)cc1. The molecular weight excluding hydrogens is 504 g/mol. The van der Waals surface area contributed by atoms with Crippen LogP contribution in [0.3, 0.4) is 0 Å². The molecular formula is C33H30N2O3S. The highest BCUT2D eigenvalue weighted by Crippen LogP contribution is 2.50. The van der Waals surface area contributed by atoms with Crippen LogP contribution in [0.5, 0.6) is 5.75 Å². The van der Waals surface area contributed by atoms with Gasteiger partial charge in [-0.1, -0.05) is 71.8 Å². The Morgan fingerprint density at radius 1 is 0.897 bits per heavy atom.